The number of allylic oxidation sites excluding steroid dienone is 1. The van der Waals surface area contributed by atoms with Gasteiger partial charge in [0.1, 0.15) is 6.54 Å². The number of halogens is 5. The van der Waals surface area contributed by atoms with E-state index in [-0.39, 0.29) is 55.1 Å². The summed E-state index contributed by atoms with van der Waals surface area (Å²) in [4.78, 5) is 44.1. The molecule has 2 heterocycles. The lowest BCUT2D eigenvalue weighted by molar-refractivity contribution is -0.142. The van der Waals surface area contributed by atoms with Crippen molar-refractivity contribution in [2.45, 2.75) is 32.4 Å². The fourth-order valence-corrected chi connectivity index (χ4v) is 5.33. The van der Waals surface area contributed by atoms with Gasteiger partial charge in [-0.15, -0.1) is 0 Å². The Balaban J connectivity index is 1.49. The molecule has 1 atom stereocenters. The first-order valence-electron chi connectivity index (χ1n) is 12.7. The maximum Gasteiger partial charge on any atom is 0.416 e. The quantitative estimate of drug-likeness (QED) is 0.410. The average molecular weight is 598 g/mol. The van der Waals surface area contributed by atoms with Crippen LogP contribution in [-0.4, -0.2) is 66.9 Å². The molecule has 1 unspecified atom stereocenters. The number of benzene rings is 2. The number of carbonyl (C=O) groups excluding carboxylic acids is 3. The molecule has 2 aromatic carbocycles. The molecule has 4 rings (SSSR count). The molecule has 2 aliphatic rings. The molecule has 214 valence electrons. The molecule has 2 aromatic rings. The van der Waals surface area contributed by atoms with E-state index in [1.54, 1.807) is 47.9 Å². The molecule has 7 nitrogen and oxygen atoms in total. The molecule has 40 heavy (non-hydrogen) atoms. The lowest BCUT2D eigenvalue weighted by Gasteiger charge is -2.38. The summed E-state index contributed by atoms with van der Waals surface area (Å²) in [6, 6.07) is 9.98. The SMILES string of the molecule is CCOC(=O)C1=C(C)N(CC(=O)N2CCN(c3cccc(C(F)(F)F)c3)CC2)C(=O)CC1c1ccc(Cl)c(Cl)c1. The van der Waals surface area contributed by atoms with Crippen molar-refractivity contribution in [3.8, 4) is 0 Å². The molecule has 0 radical (unpaired) electrons. The normalized spacial score (nSPS) is 18.3. The Morgan fingerprint density at radius 1 is 1.02 bits per heavy atom. The van der Waals surface area contributed by atoms with Gasteiger partial charge in [0.25, 0.3) is 0 Å². The van der Waals surface area contributed by atoms with E-state index >= 15 is 0 Å². The molecule has 1 fully saturated rings. The van der Waals surface area contributed by atoms with Crippen LogP contribution < -0.4 is 4.90 Å². The monoisotopic (exact) mass is 597 g/mol. The number of amides is 2. The predicted octanol–water partition coefficient (Wildman–Crippen LogP) is 5.51. The second-order valence-electron chi connectivity index (χ2n) is 9.55. The van der Waals surface area contributed by atoms with Gasteiger partial charge in [-0.05, 0) is 49.7 Å². The second kappa shape index (κ2) is 12.1. The van der Waals surface area contributed by atoms with E-state index in [4.69, 9.17) is 27.9 Å². The number of nitrogens with zero attached hydrogens (tertiary/aromatic N) is 3. The van der Waals surface area contributed by atoms with E-state index in [0.29, 0.717) is 35.1 Å². The second-order valence-corrected chi connectivity index (χ2v) is 10.4. The van der Waals surface area contributed by atoms with Crippen molar-refractivity contribution in [3.63, 3.8) is 0 Å². The summed E-state index contributed by atoms with van der Waals surface area (Å²) in [5.41, 5.74) is 0.913. The van der Waals surface area contributed by atoms with E-state index in [1.165, 1.54) is 11.0 Å². The van der Waals surface area contributed by atoms with Crippen LogP contribution >= 0.6 is 23.2 Å². The third-order valence-electron chi connectivity index (χ3n) is 7.13. The fourth-order valence-electron chi connectivity index (χ4n) is 5.02. The highest BCUT2D eigenvalue weighted by Gasteiger charge is 2.38. The molecular weight excluding hydrogens is 570 g/mol. The molecule has 0 aliphatic carbocycles. The van der Waals surface area contributed by atoms with E-state index in [0.717, 1.165) is 12.1 Å². The van der Waals surface area contributed by atoms with Crippen molar-refractivity contribution in [2.75, 3.05) is 44.2 Å². The minimum Gasteiger partial charge on any atom is -0.463 e. The van der Waals surface area contributed by atoms with Crippen LogP contribution in [0, 0.1) is 0 Å². The summed E-state index contributed by atoms with van der Waals surface area (Å²) < 4.78 is 44.6. The molecule has 0 saturated carbocycles. The van der Waals surface area contributed by atoms with Crippen LogP contribution in [0.4, 0.5) is 18.9 Å². The van der Waals surface area contributed by atoms with Gasteiger partial charge >= 0.3 is 12.1 Å². The lowest BCUT2D eigenvalue weighted by atomic mass is 9.83. The van der Waals surface area contributed by atoms with Crippen LogP contribution in [-0.2, 0) is 25.3 Å². The highest BCUT2D eigenvalue weighted by molar-refractivity contribution is 6.42. The van der Waals surface area contributed by atoms with Crippen LogP contribution in [0.3, 0.4) is 0 Å². The Bertz CT molecular complexity index is 1340. The summed E-state index contributed by atoms with van der Waals surface area (Å²) in [7, 11) is 0. The van der Waals surface area contributed by atoms with E-state index in [2.05, 4.69) is 0 Å². The zero-order chi connectivity index (χ0) is 29.2. The predicted molar refractivity (Wildman–Crippen MR) is 145 cm³/mol. The number of hydrogen-bond donors (Lipinski definition) is 0. The minimum absolute atomic E-state index is 0.0694. The number of alkyl halides is 3. The Hall–Kier alpha value is -3.24. The summed E-state index contributed by atoms with van der Waals surface area (Å²) in [6.45, 7) is 4.36. The van der Waals surface area contributed by atoms with Gasteiger partial charge in [-0.1, -0.05) is 35.3 Å². The number of anilines is 1. The molecule has 1 saturated heterocycles. The van der Waals surface area contributed by atoms with Gasteiger partial charge in [-0.25, -0.2) is 4.79 Å². The highest BCUT2D eigenvalue weighted by Crippen LogP contribution is 2.39. The van der Waals surface area contributed by atoms with E-state index in [9.17, 15) is 27.6 Å². The summed E-state index contributed by atoms with van der Waals surface area (Å²) in [6.07, 6.45) is -4.51. The first kappa shape index (κ1) is 29.7. The minimum atomic E-state index is -4.44. The largest absolute Gasteiger partial charge is 0.463 e. The third-order valence-corrected chi connectivity index (χ3v) is 7.87. The van der Waals surface area contributed by atoms with Crippen molar-refractivity contribution in [2.24, 2.45) is 0 Å². The number of piperazine rings is 1. The van der Waals surface area contributed by atoms with Crippen molar-refractivity contribution in [1.82, 2.24) is 9.80 Å². The van der Waals surface area contributed by atoms with Gasteiger partial charge in [0.2, 0.25) is 11.8 Å². The van der Waals surface area contributed by atoms with Gasteiger partial charge in [0.05, 0.1) is 27.8 Å². The van der Waals surface area contributed by atoms with E-state index in [1.807, 2.05) is 0 Å². The molecule has 2 aliphatic heterocycles. The first-order valence-corrected chi connectivity index (χ1v) is 13.5. The number of ether oxygens (including phenoxy) is 1. The average Bonchev–Trinajstić information content (AvgIpc) is 2.92. The molecule has 12 heteroatoms. The summed E-state index contributed by atoms with van der Waals surface area (Å²) in [5, 5.41) is 0.626. The number of hydrogen-bond acceptors (Lipinski definition) is 5. The molecular formula is C28H28Cl2F3N3O4. The first-order chi connectivity index (χ1) is 18.9. The van der Waals surface area contributed by atoms with Crippen molar-refractivity contribution in [1.29, 1.82) is 0 Å². The van der Waals surface area contributed by atoms with E-state index < -0.39 is 23.6 Å². The topological polar surface area (TPSA) is 70.2 Å². The summed E-state index contributed by atoms with van der Waals surface area (Å²) >= 11 is 12.2. The number of rotatable bonds is 6. The van der Waals surface area contributed by atoms with Gasteiger partial charge < -0.3 is 19.4 Å². The number of carbonyl (C=O) groups is 3. The third kappa shape index (κ3) is 6.39. The van der Waals surface area contributed by atoms with Gasteiger partial charge in [-0.3, -0.25) is 9.59 Å². The van der Waals surface area contributed by atoms with Gasteiger partial charge in [0, 0.05) is 49.9 Å². The van der Waals surface area contributed by atoms with Crippen LogP contribution in [0.5, 0.6) is 0 Å². The Labute approximate surface area is 240 Å². The standard InChI is InChI=1S/C28H28Cl2F3N3O4/c1-3-40-27(39)26-17(2)36(24(37)15-21(26)18-7-8-22(29)23(30)13-18)16-25(38)35-11-9-34(10-12-35)20-6-4-5-19(14-20)28(31,32)33/h4-8,13-14,21H,3,9-12,15-16H2,1-2H3. The molecule has 0 bridgehead atoms. The smallest absolute Gasteiger partial charge is 0.416 e. The molecule has 0 spiro atoms. The zero-order valence-electron chi connectivity index (χ0n) is 21.9. The Morgan fingerprint density at radius 3 is 2.35 bits per heavy atom. The summed E-state index contributed by atoms with van der Waals surface area (Å²) in [5.74, 6) is -1.87. The maximum atomic E-state index is 13.2. The Kier molecular flexibility index (Phi) is 8.99. The zero-order valence-corrected chi connectivity index (χ0v) is 23.4. The molecule has 0 aromatic heterocycles. The fraction of sp³-hybridized carbons (Fsp3) is 0.393. The molecule has 2 amide bonds. The van der Waals surface area contributed by atoms with Gasteiger partial charge in [-0.2, -0.15) is 13.2 Å². The van der Waals surface area contributed by atoms with Crippen molar-refractivity contribution >= 4 is 46.7 Å². The van der Waals surface area contributed by atoms with Crippen molar-refractivity contribution < 1.29 is 32.3 Å². The number of esters is 1. The Morgan fingerprint density at radius 2 is 1.73 bits per heavy atom. The van der Waals surface area contributed by atoms with Gasteiger partial charge in [0.15, 0.2) is 0 Å². The van der Waals surface area contributed by atoms with Crippen LogP contribution in [0.2, 0.25) is 10.0 Å². The maximum absolute atomic E-state index is 13.2. The molecule has 0 N–H and O–H groups in total. The van der Waals surface area contributed by atoms with Crippen LogP contribution in [0.1, 0.15) is 37.3 Å². The van der Waals surface area contributed by atoms with Crippen molar-refractivity contribution in [3.05, 3.63) is 74.9 Å². The van der Waals surface area contributed by atoms with Crippen LogP contribution in [0.25, 0.3) is 0 Å². The van der Waals surface area contributed by atoms with Crippen LogP contribution in [0.15, 0.2) is 53.7 Å². The lowest BCUT2D eigenvalue weighted by Crippen LogP contribution is -2.52. The highest BCUT2D eigenvalue weighted by atomic mass is 35.5.